The molecule has 1 aliphatic heterocycles. The molecule has 1 fully saturated rings. The van der Waals surface area contributed by atoms with Crippen molar-refractivity contribution in [1.29, 1.82) is 0 Å². The van der Waals surface area contributed by atoms with Gasteiger partial charge in [-0.2, -0.15) is 0 Å². The van der Waals surface area contributed by atoms with E-state index in [4.69, 9.17) is 0 Å². The maximum absolute atomic E-state index is 12.1. The first-order valence-electron chi connectivity index (χ1n) is 6.46. The van der Waals surface area contributed by atoms with Crippen LogP contribution in [0.3, 0.4) is 0 Å². The lowest BCUT2D eigenvalue weighted by Crippen LogP contribution is -2.60. The number of hydrogen-bond donors (Lipinski definition) is 1. The summed E-state index contributed by atoms with van der Waals surface area (Å²) in [6.07, 6.45) is 0.909. The Morgan fingerprint density at radius 3 is 2.79 bits per heavy atom. The minimum absolute atomic E-state index is 0.0344. The largest absolute Gasteiger partial charge is 0.350 e. The standard InChI is InChI=1S/C13H19N3O2S/c1-8(2)4-12-15-11(7-19-12)13(18)16-5-10(6-16)14-9(3)17/h7-8,10H,4-6H2,1-3H3,(H,14,17). The third-order valence-corrected chi connectivity index (χ3v) is 3.80. The van der Waals surface area contributed by atoms with E-state index in [1.54, 1.807) is 16.2 Å². The van der Waals surface area contributed by atoms with Crippen LogP contribution in [0.2, 0.25) is 0 Å². The molecule has 0 unspecified atom stereocenters. The maximum Gasteiger partial charge on any atom is 0.273 e. The number of aromatic nitrogens is 1. The van der Waals surface area contributed by atoms with Crippen molar-refractivity contribution in [3.05, 3.63) is 16.1 Å². The van der Waals surface area contributed by atoms with Crippen molar-refractivity contribution < 1.29 is 9.59 Å². The first-order chi connectivity index (χ1) is 8.95. The van der Waals surface area contributed by atoms with E-state index >= 15 is 0 Å². The normalized spacial score (nSPS) is 15.5. The Bertz CT molecular complexity index is 478. The summed E-state index contributed by atoms with van der Waals surface area (Å²) in [5.74, 6) is 0.458. The van der Waals surface area contributed by atoms with Gasteiger partial charge in [-0.3, -0.25) is 9.59 Å². The summed E-state index contributed by atoms with van der Waals surface area (Å²) in [7, 11) is 0. The van der Waals surface area contributed by atoms with Crippen molar-refractivity contribution in [3.63, 3.8) is 0 Å². The minimum Gasteiger partial charge on any atom is -0.350 e. The second-order valence-corrected chi connectivity index (χ2v) is 6.27. The van der Waals surface area contributed by atoms with Crippen LogP contribution in [0.15, 0.2) is 5.38 Å². The van der Waals surface area contributed by atoms with Crippen LogP contribution in [0.25, 0.3) is 0 Å². The average molecular weight is 281 g/mol. The van der Waals surface area contributed by atoms with Gasteiger partial charge in [-0.1, -0.05) is 13.8 Å². The Morgan fingerprint density at radius 2 is 2.21 bits per heavy atom. The lowest BCUT2D eigenvalue weighted by molar-refractivity contribution is -0.120. The third kappa shape index (κ3) is 3.53. The van der Waals surface area contributed by atoms with Crippen molar-refractivity contribution >= 4 is 23.2 Å². The average Bonchev–Trinajstić information content (AvgIpc) is 2.69. The van der Waals surface area contributed by atoms with E-state index < -0.39 is 0 Å². The number of nitrogens with one attached hydrogen (secondary N) is 1. The quantitative estimate of drug-likeness (QED) is 0.905. The van der Waals surface area contributed by atoms with Gasteiger partial charge in [0.15, 0.2) is 0 Å². The zero-order valence-electron chi connectivity index (χ0n) is 11.5. The van der Waals surface area contributed by atoms with Gasteiger partial charge in [0.2, 0.25) is 5.91 Å². The fourth-order valence-corrected chi connectivity index (χ4v) is 3.02. The van der Waals surface area contributed by atoms with Gasteiger partial charge in [0.25, 0.3) is 5.91 Å². The lowest BCUT2D eigenvalue weighted by atomic mass is 10.1. The first kappa shape index (κ1) is 14.0. The Balaban J connectivity index is 1.87. The summed E-state index contributed by atoms with van der Waals surface area (Å²) >= 11 is 1.54. The van der Waals surface area contributed by atoms with Crippen LogP contribution >= 0.6 is 11.3 Å². The molecule has 1 aliphatic rings. The van der Waals surface area contributed by atoms with Crippen molar-refractivity contribution in [2.45, 2.75) is 33.2 Å². The maximum atomic E-state index is 12.1. The van der Waals surface area contributed by atoms with E-state index in [-0.39, 0.29) is 17.9 Å². The van der Waals surface area contributed by atoms with E-state index in [1.807, 2.05) is 5.38 Å². The van der Waals surface area contributed by atoms with Crippen molar-refractivity contribution in [2.75, 3.05) is 13.1 Å². The van der Waals surface area contributed by atoms with Crippen LogP contribution in [-0.2, 0) is 11.2 Å². The molecule has 0 aliphatic carbocycles. The molecule has 1 saturated heterocycles. The van der Waals surface area contributed by atoms with Gasteiger partial charge in [0, 0.05) is 31.8 Å². The van der Waals surface area contributed by atoms with Gasteiger partial charge in [-0.05, 0) is 5.92 Å². The highest BCUT2D eigenvalue weighted by atomic mass is 32.1. The zero-order chi connectivity index (χ0) is 14.0. The van der Waals surface area contributed by atoms with E-state index in [9.17, 15) is 9.59 Å². The summed E-state index contributed by atoms with van der Waals surface area (Å²) in [6, 6.07) is 0.0928. The molecule has 0 aromatic carbocycles. The summed E-state index contributed by atoms with van der Waals surface area (Å²) < 4.78 is 0. The molecule has 0 saturated carbocycles. The van der Waals surface area contributed by atoms with E-state index in [1.165, 1.54) is 6.92 Å². The molecule has 0 spiro atoms. The molecule has 0 bridgehead atoms. The highest BCUT2D eigenvalue weighted by Gasteiger charge is 2.32. The molecule has 6 heteroatoms. The Labute approximate surface area is 117 Å². The number of thiazole rings is 1. The summed E-state index contributed by atoms with van der Waals surface area (Å²) in [5, 5.41) is 5.63. The number of carbonyl (C=O) groups excluding carboxylic acids is 2. The number of likely N-dealkylation sites (tertiary alicyclic amines) is 1. The molecule has 0 atom stereocenters. The topological polar surface area (TPSA) is 62.3 Å². The summed E-state index contributed by atoms with van der Waals surface area (Å²) in [5.41, 5.74) is 0.530. The number of hydrogen-bond acceptors (Lipinski definition) is 4. The Kier molecular flexibility index (Phi) is 4.19. The number of amides is 2. The third-order valence-electron chi connectivity index (χ3n) is 2.93. The monoisotopic (exact) mass is 281 g/mol. The predicted octanol–water partition coefficient (Wildman–Crippen LogP) is 1.30. The molecule has 1 aromatic heterocycles. The molecular weight excluding hydrogens is 262 g/mol. The smallest absolute Gasteiger partial charge is 0.273 e. The highest BCUT2D eigenvalue weighted by Crippen LogP contribution is 2.18. The minimum atomic E-state index is -0.0509. The van der Waals surface area contributed by atoms with Gasteiger partial charge >= 0.3 is 0 Å². The van der Waals surface area contributed by atoms with E-state index in [2.05, 4.69) is 24.1 Å². The Morgan fingerprint density at radius 1 is 1.53 bits per heavy atom. The molecule has 1 N–H and O–H groups in total. The van der Waals surface area contributed by atoms with Gasteiger partial charge in [0.1, 0.15) is 5.69 Å². The van der Waals surface area contributed by atoms with Crippen molar-refractivity contribution in [3.8, 4) is 0 Å². The van der Waals surface area contributed by atoms with Crippen LogP contribution in [0.1, 0.15) is 36.3 Å². The van der Waals surface area contributed by atoms with Crippen LogP contribution in [0.5, 0.6) is 0 Å². The van der Waals surface area contributed by atoms with Gasteiger partial charge in [0.05, 0.1) is 11.0 Å². The molecule has 1 aromatic rings. The number of carbonyl (C=O) groups is 2. The molecule has 0 radical (unpaired) electrons. The van der Waals surface area contributed by atoms with Crippen LogP contribution < -0.4 is 5.32 Å². The molecule has 2 heterocycles. The summed E-state index contributed by atoms with van der Waals surface area (Å²) in [4.78, 5) is 29.1. The molecule has 2 amide bonds. The molecule has 104 valence electrons. The predicted molar refractivity (Wildman–Crippen MR) is 74.2 cm³/mol. The lowest BCUT2D eigenvalue weighted by Gasteiger charge is -2.38. The van der Waals surface area contributed by atoms with Crippen LogP contribution in [0.4, 0.5) is 0 Å². The molecule has 2 rings (SSSR count). The van der Waals surface area contributed by atoms with Crippen LogP contribution in [0, 0.1) is 5.92 Å². The van der Waals surface area contributed by atoms with Gasteiger partial charge in [-0.15, -0.1) is 11.3 Å². The highest BCUT2D eigenvalue weighted by molar-refractivity contribution is 7.09. The number of rotatable bonds is 4. The Hall–Kier alpha value is -1.43. The molecular formula is C13H19N3O2S. The van der Waals surface area contributed by atoms with Gasteiger partial charge < -0.3 is 10.2 Å². The van der Waals surface area contributed by atoms with Crippen molar-refractivity contribution in [2.24, 2.45) is 5.92 Å². The van der Waals surface area contributed by atoms with Crippen molar-refractivity contribution in [1.82, 2.24) is 15.2 Å². The molecule has 19 heavy (non-hydrogen) atoms. The SMILES string of the molecule is CC(=O)NC1CN(C(=O)c2csc(CC(C)C)n2)C1. The summed E-state index contributed by atoms with van der Waals surface area (Å²) in [6.45, 7) is 6.92. The number of nitrogens with zero attached hydrogens (tertiary/aromatic N) is 2. The molecule has 5 nitrogen and oxygen atoms in total. The zero-order valence-corrected chi connectivity index (χ0v) is 12.3. The van der Waals surface area contributed by atoms with E-state index in [0.29, 0.717) is 24.7 Å². The fraction of sp³-hybridized carbons (Fsp3) is 0.615. The second-order valence-electron chi connectivity index (χ2n) is 5.33. The van der Waals surface area contributed by atoms with Gasteiger partial charge in [-0.25, -0.2) is 4.98 Å². The van der Waals surface area contributed by atoms with E-state index in [0.717, 1.165) is 11.4 Å². The first-order valence-corrected chi connectivity index (χ1v) is 7.34. The van der Waals surface area contributed by atoms with Crippen LogP contribution in [-0.4, -0.2) is 40.8 Å². The second kappa shape index (κ2) is 5.69. The fourth-order valence-electron chi connectivity index (χ4n) is 2.04.